The number of pyridine rings is 1. The number of aromatic nitrogens is 1. The second kappa shape index (κ2) is 8.92. The van der Waals surface area contributed by atoms with Crippen molar-refractivity contribution < 1.29 is 13.2 Å². The predicted octanol–water partition coefficient (Wildman–Crippen LogP) is 3.79. The number of anilines is 1. The van der Waals surface area contributed by atoms with Crippen LogP contribution in [-0.2, 0) is 10.0 Å². The summed E-state index contributed by atoms with van der Waals surface area (Å²) >= 11 is 0. The number of hydrogen-bond donors (Lipinski definition) is 1. The molecular weight excluding hydrogens is 374 g/mol. The van der Waals surface area contributed by atoms with Gasteiger partial charge in [-0.2, -0.15) is 0 Å². The molecule has 1 N–H and O–H groups in total. The van der Waals surface area contributed by atoms with E-state index in [0.29, 0.717) is 11.6 Å². The molecule has 2 heterocycles. The number of likely N-dealkylation sites (tertiary alicyclic amines) is 1. The summed E-state index contributed by atoms with van der Waals surface area (Å²) < 4.78 is 33.6. The van der Waals surface area contributed by atoms with Crippen molar-refractivity contribution in [3.8, 4) is 5.75 Å². The van der Waals surface area contributed by atoms with Gasteiger partial charge in [-0.25, -0.2) is 13.4 Å². The minimum atomic E-state index is -3.69. The molecule has 0 spiro atoms. The Morgan fingerprint density at radius 1 is 1.29 bits per heavy atom. The van der Waals surface area contributed by atoms with Gasteiger partial charge in [0, 0.05) is 12.5 Å². The van der Waals surface area contributed by atoms with E-state index in [-0.39, 0.29) is 10.8 Å². The number of rotatable bonds is 7. The number of benzene rings is 1. The quantitative estimate of drug-likeness (QED) is 0.762. The largest absolute Gasteiger partial charge is 0.495 e. The minimum absolute atomic E-state index is 0.235. The van der Waals surface area contributed by atoms with Gasteiger partial charge >= 0.3 is 0 Å². The Morgan fingerprint density at radius 3 is 2.82 bits per heavy atom. The second-order valence-electron chi connectivity index (χ2n) is 7.35. The van der Waals surface area contributed by atoms with Gasteiger partial charge in [0.25, 0.3) is 10.0 Å². The number of nitrogens with one attached hydrogen (secondary N) is 1. The lowest BCUT2D eigenvalue weighted by Crippen LogP contribution is -2.35. The average molecular weight is 404 g/mol. The fraction of sp³-hybridized carbons (Fsp3) is 0.476. The van der Waals surface area contributed by atoms with Gasteiger partial charge in [-0.05, 0) is 69.1 Å². The molecule has 2 aromatic rings. The summed E-state index contributed by atoms with van der Waals surface area (Å²) in [6, 6.07) is 10.3. The summed E-state index contributed by atoms with van der Waals surface area (Å²) in [5.74, 6) is 1.27. The molecule has 1 aliphatic heterocycles. The average Bonchev–Trinajstić information content (AvgIpc) is 2.68. The van der Waals surface area contributed by atoms with Crippen LogP contribution in [0.5, 0.6) is 5.75 Å². The summed E-state index contributed by atoms with van der Waals surface area (Å²) in [4.78, 5) is 7.33. The first-order valence-electron chi connectivity index (χ1n) is 9.79. The zero-order chi connectivity index (χ0) is 20.1. The highest BCUT2D eigenvalue weighted by atomic mass is 32.2. The van der Waals surface area contributed by atoms with Crippen molar-refractivity contribution in [1.29, 1.82) is 0 Å². The number of sulfonamides is 1. The van der Waals surface area contributed by atoms with Crippen LogP contribution in [0.2, 0.25) is 0 Å². The summed E-state index contributed by atoms with van der Waals surface area (Å²) in [6.45, 7) is 7.15. The molecule has 3 rings (SSSR count). The number of methoxy groups -OCH3 is 1. The monoisotopic (exact) mass is 403 g/mol. The first-order valence-corrected chi connectivity index (χ1v) is 11.3. The van der Waals surface area contributed by atoms with Gasteiger partial charge in [-0.15, -0.1) is 0 Å². The third-order valence-electron chi connectivity index (χ3n) is 5.08. The third-order valence-corrected chi connectivity index (χ3v) is 6.43. The van der Waals surface area contributed by atoms with E-state index in [2.05, 4.69) is 21.5 Å². The van der Waals surface area contributed by atoms with E-state index >= 15 is 0 Å². The van der Waals surface area contributed by atoms with Crippen LogP contribution in [0.15, 0.2) is 41.3 Å². The fourth-order valence-corrected chi connectivity index (χ4v) is 4.87. The molecule has 152 valence electrons. The van der Waals surface area contributed by atoms with Crippen LogP contribution in [0.1, 0.15) is 43.4 Å². The van der Waals surface area contributed by atoms with Gasteiger partial charge in [0.05, 0.1) is 17.7 Å². The summed E-state index contributed by atoms with van der Waals surface area (Å²) in [6.07, 6.45) is 3.25. The summed E-state index contributed by atoms with van der Waals surface area (Å²) in [5, 5.41) is 0. The van der Waals surface area contributed by atoms with Crippen LogP contribution < -0.4 is 9.46 Å². The standard InChI is InChI=1S/C21H29N3O3S/c1-4-12-24-13-6-8-17(15-24)21-19(27-3)10-11-20(22-21)23-28(25,26)18-9-5-7-16(2)14-18/h5,7,9-11,14,17H,4,6,8,12-13,15H2,1-3H3,(H,22,23). The van der Waals surface area contributed by atoms with E-state index in [1.807, 2.05) is 13.0 Å². The van der Waals surface area contributed by atoms with Crippen molar-refractivity contribution in [2.75, 3.05) is 31.5 Å². The van der Waals surface area contributed by atoms with Gasteiger partial charge in [0.1, 0.15) is 11.6 Å². The molecule has 0 bridgehead atoms. The Bertz CT molecular complexity index is 913. The van der Waals surface area contributed by atoms with E-state index in [9.17, 15) is 8.42 Å². The zero-order valence-corrected chi connectivity index (χ0v) is 17.6. The number of nitrogens with zero attached hydrogens (tertiary/aromatic N) is 2. The Morgan fingerprint density at radius 2 is 2.11 bits per heavy atom. The number of piperidine rings is 1. The predicted molar refractivity (Wildman–Crippen MR) is 111 cm³/mol. The van der Waals surface area contributed by atoms with Gasteiger partial charge in [-0.1, -0.05) is 19.1 Å². The van der Waals surface area contributed by atoms with Crippen LogP contribution in [-0.4, -0.2) is 45.0 Å². The second-order valence-corrected chi connectivity index (χ2v) is 9.03. The molecule has 0 aliphatic carbocycles. The van der Waals surface area contributed by atoms with E-state index in [1.165, 1.54) is 0 Å². The lowest BCUT2D eigenvalue weighted by Gasteiger charge is -2.32. The number of aryl methyl sites for hydroxylation is 1. The van der Waals surface area contributed by atoms with E-state index < -0.39 is 10.0 Å². The highest BCUT2D eigenvalue weighted by Gasteiger charge is 2.25. The Kier molecular flexibility index (Phi) is 6.57. The smallest absolute Gasteiger partial charge is 0.263 e. The van der Waals surface area contributed by atoms with Crippen molar-refractivity contribution >= 4 is 15.8 Å². The van der Waals surface area contributed by atoms with Crippen molar-refractivity contribution in [2.24, 2.45) is 0 Å². The van der Waals surface area contributed by atoms with E-state index in [0.717, 1.165) is 50.2 Å². The molecule has 1 atom stereocenters. The maximum atomic E-state index is 12.7. The SMILES string of the molecule is CCCN1CCCC(c2nc(NS(=O)(=O)c3cccc(C)c3)ccc2OC)C1. The molecule has 28 heavy (non-hydrogen) atoms. The van der Waals surface area contributed by atoms with E-state index in [1.54, 1.807) is 37.4 Å². The molecule has 0 amide bonds. The molecular formula is C21H29N3O3S. The molecule has 1 fully saturated rings. The molecule has 1 aromatic carbocycles. The maximum Gasteiger partial charge on any atom is 0.263 e. The van der Waals surface area contributed by atoms with Crippen molar-refractivity contribution in [3.05, 3.63) is 47.7 Å². The molecule has 0 saturated carbocycles. The molecule has 1 unspecified atom stereocenters. The van der Waals surface area contributed by atoms with E-state index in [4.69, 9.17) is 4.74 Å². The van der Waals surface area contributed by atoms with Crippen LogP contribution in [0.3, 0.4) is 0 Å². The lowest BCUT2D eigenvalue weighted by atomic mass is 9.93. The molecule has 0 radical (unpaired) electrons. The lowest BCUT2D eigenvalue weighted by molar-refractivity contribution is 0.204. The fourth-order valence-electron chi connectivity index (χ4n) is 3.76. The van der Waals surface area contributed by atoms with Gasteiger partial charge in [-0.3, -0.25) is 4.72 Å². The first-order chi connectivity index (χ1) is 13.4. The molecule has 1 aromatic heterocycles. The van der Waals surface area contributed by atoms with Crippen LogP contribution in [0.4, 0.5) is 5.82 Å². The normalized spacial score (nSPS) is 18.0. The highest BCUT2D eigenvalue weighted by Crippen LogP contribution is 2.33. The van der Waals surface area contributed by atoms with Gasteiger partial charge < -0.3 is 9.64 Å². The number of ether oxygens (including phenoxy) is 1. The Labute approximate surface area is 168 Å². The molecule has 6 nitrogen and oxygen atoms in total. The van der Waals surface area contributed by atoms with Crippen LogP contribution >= 0.6 is 0 Å². The summed E-state index contributed by atoms with van der Waals surface area (Å²) in [7, 11) is -2.06. The minimum Gasteiger partial charge on any atom is -0.495 e. The van der Waals surface area contributed by atoms with Crippen molar-refractivity contribution in [3.63, 3.8) is 0 Å². The molecule has 1 aliphatic rings. The van der Waals surface area contributed by atoms with Gasteiger partial charge in [0.2, 0.25) is 0 Å². The zero-order valence-electron chi connectivity index (χ0n) is 16.8. The Balaban J connectivity index is 1.86. The third kappa shape index (κ3) is 4.83. The van der Waals surface area contributed by atoms with Crippen LogP contribution in [0.25, 0.3) is 0 Å². The first kappa shape index (κ1) is 20.6. The Hall–Kier alpha value is -2.12. The van der Waals surface area contributed by atoms with Gasteiger partial charge in [0.15, 0.2) is 0 Å². The number of hydrogen-bond acceptors (Lipinski definition) is 5. The maximum absolute atomic E-state index is 12.7. The topological polar surface area (TPSA) is 71.5 Å². The van der Waals surface area contributed by atoms with Crippen molar-refractivity contribution in [1.82, 2.24) is 9.88 Å². The van der Waals surface area contributed by atoms with Crippen LogP contribution in [0, 0.1) is 6.92 Å². The highest BCUT2D eigenvalue weighted by molar-refractivity contribution is 7.92. The molecule has 1 saturated heterocycles. The van der Waals surface area contributed by atoms with Crippen molar-refractivity contribution in [2.45, 2.75) is 43.9 Å². The summed E-state index contributed by atoms with van der Waals surface area (Å²) in [5.41, 5.74) is 1.72. The molecule has 7 heteroatoms.